The molecule has 0 unspecified atom stereocenters. The molecule has 0 radical (unpaired) electrons. The molecule has 1 aromatic heterocycles. The number of carboxylic acids is 1. The number of fused-ring (bicyclic) bond motifs is 1. The molecule has 0 atom stereocenters. The Labute approximate surface area is 205 Å². The molecule has 1 fully saturated rings. The summed E-state index contributed by atoms with van der Waals surface area (Å²) in [5.41, 5.74) is 1.77. The Balaban J connectivity index is 1.58. The Morgan fingerprint density at radius 2 is 1.82 bits per heavy atom. The second-order valence-electron chi connectivity index (χ2n) is 8.96. The van der Waals surface area contributed by atoms with E-state index in [1.54, 1.807) is 25.4 Å². The second-order valence-corrected chi connectivity index (χ2v) is 9.74. The number of para-hydroxylation sites is 1. The molecule has 3 aromatic rings. The van der Waals surface area contributed by atoms with Gasteiger partial charge in [-0.2, -0.15) is 13.2 Å². The number of aliphatic carboxylic acids is 1. The smallest absolute Gasteiger partial charge is 0.418 e. The lowest BCUT2D eigenvalue weighted by Gasteiger charge is -2.31. The van der Waals surface area contributed by atoms with E-state index < -0.39 is 17.7 Å². The Hall–Kier alpha value is -2.22. The number of aromatic nitrogens is 1. The Kier molecular flexibility index (Phi) is 7.17. The van der Waals surface area contributed by atoms with Crippen LogP contribution in [0, 0.1) is 5.92 Å². The number of aryl methyl sites for hydroxylation is 1. The van der Waals surface area contributed by atoms with Crippen molar-refractivity contribution in [3.05, 3.63) is 68.8 Å². The van der Waals surface area contributed by atoms with Crippen molar-refractivity contribution in [2.24, 2.45) is 13.0 Å². The molecule has 0 amide bonds. The molecule has 0 spiro atoms. The summed E-state index contributed by atoms with van der Waals surface area (Å²) in [5.74, 6) is -0.572. The van der Waals surface area contributed by atoms with Crippen LogP contribution in [-0.2, 0) is 31.0 Å². The number of piperidine rings is 1. The molecular weight excluding hydrogens is 488 g/mol. The lowest BCUT2D eigenvalue weighted by Crippen LogP contribution is -2.34. The first-order valence-corrected chi connectivity index (χ1v) is 11.8. The number of hydrogen-bond acceptors (Lipinski definition) is 2. The third-order valence-electron chi connectivity index (χ3n) is 6.59. The topological polar surface area (TPSA) is 45.5 Å². The first-order chi connectivity index (χ1) is 16.0. The number of alkyl halides is 3. The van der Waals surface area contributed by atoms with Gasteiger partial charge in [-0.25, -0.2) is 0 Å². The maximum atomic E-state index is 13.5. The molecule has 1 saturated heterocycles. The van der Waals surface area contributed by atoms with Gasteiger partial charge in [0.05, 0.1) is 16.1 Å². The van der Waals surface area contributed by atoms with Crippen LogP contribution in [0.25, 0.3) is 10.9 Å². The average Bonchev–Trinajstić information content (AvgIpc) is 3.09. The molecule has 0 bridgehead atoms. The van der Waals surface area contributed by atoms with Gasteiger partial charge in [-0.05, 0) is 60.7 Å². The highest BCUT2D eigenvalue weighted by atomic mass is 35.5. The van der Waals surface area contributed by atoms with Gasteiger partial charge in [0.25, 0.3) is 0 Å². The zero-order valence-electron chi connectivity index (χ0n) is 18.6. The van der Waals surface area contributed by atoms with E-state index in [1.165, 1.54) is 10.6 Å². The number of hydrogen-bond donors (Lipinski definition) is 1. The molecule has 0 aliphatic carbocycles. The van der Waals surface area contributed by atoms with Crippen LogP contribution in [0.3, 0.4) is 0 Å². The van der Waals surface area contributed by atoms with Crippen molar-refractivity contribution in [2.45, 2.75) is 38.4 Å². The van der Waals surface area contributed by atoms with Gasteiger partial charge in [-0.15, -0.1) is 0 Å². The number of likely N-dealkylation sites (tertiary alicyclic amines) is 1. The fourth-order valence-corrected chi connectivity index (χ4v) is 5.44. The SMILES string of the molecule is Cn1cc(Cc2c(Cl)ccc(CN3CCC(CC(=O)O)CC3)c2Cl)c2cccc(C(F)(F)F)c21. The first kappa shape index (κ1) is 24.9. The largest absolute Gasteiger partial charge is 0.481 e. The number of carboxylic acid groups (broad SMARTS) is 1. The highest BCUT2D eigenvalue weighted by Gasteiger charge is 2.34. The van der Waals surface area contributed by atoms with Crippen molar-refractivity contribution >= 4 is 40.1 Å². The molecule has 34 heavy (non-hydrogen) atoms. The van der Waals surface area contributed by atoms with E-state index in [9.17, 15) is 18.0 Å². The van der Waals surface area contributed by atoms with Crippen LogP contribution in [-0.4, -0.2) is 33.6 Å². The van der Waals surface area contributed by atoms with Crippen molar-refractivity contribution in [1.29, 1.82) is 0 Å². The van der Waals surface area contributed by atoms with Gasteiger partial charge in [0.15, 0.2) is 0 Å². The van der Waals surface area contributed by atoms with Gasteiger partial charge >= 0.3 is 12.1 Å². The standard InChI is InChI=1S/C25H25Cl2F3N2O2/c1-31-13-17(18-3-2-4-20(24(18)31)25(28,29)30)12-19-21(26)6-5-16(23(19)27)14-32-9-7-15(8-10-32)11-22(33)34/h2-6,13,15H,7-12,14H2,1H3,(H,33,34). The number of carbonyl (C=O) groups is 1. The van der Waals surface area contributed by atoms with Crippen LogP contribution < -0.4 is 0 Å². The van der Waals surface area contributed by atoms with Crippen LogP contribution in [0.5, 0.6) is 0 Å². The van der Waals surface area contributed by atoms with Gasteiger partial charge in [-0.3, -0.25) is 9.69 Å². The minimum Gasteiger partial charge on any atom is -0.481 e. The summed E-state index contributed by atoms with van der Waals surface area (Å²) < 4.78 is 42.1. The van der Waals surface area contributed by atoms with Crippen LogP contribution in [0.15, 0.2) is 36.5 Å². The molecule has 9 heteroatoms. The number of benzene rings is 2. The quantitative estimate of drug-likeness (QED) is 0.395. The van der Waals surface area contributed by atoms with Crippen LogP contribution in [0.4, 0.5) is 13.2 Å². The van der Waals surface area contributed by atoms with Crippen molar-refractivity contribution in [3.8, 4) is 0 Å². The van der Waals surface area contributed by atoms with Crippen molar-refractivity contribution in [3.63, 3.8) is 0 Å². The summed E-state index contributed by atoms with van der Waals surface area (Å²) in [6.45, 7) is 2.18. The van der Waals surface area contributed by atoms with E-state index in [-0.39, 0.29) is 17.9 Å². The minimum absolute atomic E-state index is 0.137. The number of halogens is 5. The lowest BCUT2D eigenvalue weighted by molar-refractivity contribution is -0.138. The van der Waals surface area contributed by atoms with E-state index in [0.717, 1.165) is 43.1 Å². The van der Waals surface area contributed by atoms with E-state index in [1.807, 2.05) is 6.07 Å². The highest BCUT2D eigenvalue weighted by Crippen LogP contribution is 2.38. The average molecular weight is 513 g/mol. The normalized spacial score (nSPS) is 15.8. The Morgan fingerprint density at radius 3 is 2.47 bits per heavy atom. The van der Waals surface area contributed by atoms with Crippen LogP contribution in [0.1, 0.15) is 41.5 Å². The predicted molar refractivity (Wildman–Crippen MR) is 127 cm³/mol. The molecular formula is C25H25Cl2F3N2O2. The summed E-state index contributed by atoms with van der Waals surface area (Å²) in [7, 11) is 1.61. The molecule has 182 valence electrons. The summed E-state index contributed by atoms with van der Waals surface area (Å²) in [6.07, 6.45) is -0.599. The minimum atomic E-state index is -4.45. The molecule has 1 aliphatic heterocycles. The fraction of sp³-hybridized carbons (Fsp3) is 0.400. The number of rotatable bonds is 6. The Bertz CT molecular complexity index is 1220. The van der Waals surface area contributed by atoms with Crippen molar-refractivity contribution in [2.75, 3.05) is 13.1 Å². The molecule has 2 heterocycles. The second kappa shape index (κ2) is 9.80. The fourth-order valence-electron chi connectivity index (χ4n) is 4.88. The van der Waals surface area contributed by atoms with Gasteiger partial charge in [0, 0.05) is 43.0 Å². The van der Waals surface area contributed by atoms with Crippen molar-refractivity contribution < 1.29 is 23.1 Å². The van der Waals surface area contributed by atoms with E-state index in [4.69, 9.17) is 28.3 Å². The summed E-state index contributed by atoms with van der Waals surface area (Å²) >= 11 is 13.3. The van der Waals surface area contributed by atoms with Crippen molar-refractivity contribution in [1.82, 2.24) is 9.47 Å². The monoisotopic (exact) mass is 512 g/mol. The molecule has 4 rings (SSSR count). The highest BCUT2D eigenvalue weighted by molar-refractivity contribution is 6.36. The first-order valence-electron chi connectivity index (χ1n) is 11.1. The molecule has 1 aliphatic rings. The van der Waals surface area contributed by atoms with Crippen LogP contribution >= 0.6 is 23.2 Å². The lowest BCUT2D eigenvalue weighted by atomic mass is 9.93. The molecule has 0 saturated carbocycles. The van der Waals surface area contributed by atoms with E-state index in [0.29, 0.717) is 34.0 Å². The maximum absolute atomic E-state index is 13.5. The maximum Gasteiger partial charge on any atom is 0.418 e. The van der Waals surface area contributed by atoms with Gasteiger partial charge in [0.1, 0.15) is 0 Å². The van der Waals surface area contributed by atoms with Crippen LogP contribution in [0.2, 0.25) is 10.0 Å². The molecule has 4 nitrogen and oxygen atoms in total. The van der Waals surface area contributed by atoms with Gasteiger partial charge in [0.2, 0.25) is 0 Å². The third-order valence-corrected chi connectivity index (χ3v) is 7.41. The van der Waals surface area contributed by atoms with E-state index in [2.05, 4.69) is 4.90 Å². The van der Waals surface area contributed by atoms with E-state index >= 15 is 0 Å². The Morgan fingerprint density at radius 1 is 1.12 bits per heavy atom. The zero-order chi connectivity index (χ0) is 24.6. The zero-order valence-corrected chi connectivity index (χ0v) is 20.1. The third kappa shape index (κ3) is 5.21. The van der Waals surface area contributed by atoms with Gasteiger partial charge in [-0.1, -0.05) is 41.4 Å². The molecule has 1 N–H and O–H groups in total. The summed E-state index contributed by atoms with van der Waals surface area (Å²) in [5, 5.41) is 10.5. The summed E-state index contributed by atoms with van der Waals surface area (Å²) in [4.78, 5) is 13.2. The van der Waals surface area contributed by atoms with Gasteiger partial charge < -0.3 is 9.67 Å². The molecule has 2 aromatic carbocycles. The summed E-state index contributed by atoms with van der Waals surface area (Å²) in [6, 6.07) is 7.85. The predicted octanol–water partition coefficient (Wildman–Crippen LogP) is 6.78. The number of nitrogens with zero attached hydrogens (tertiary/aromatic N) is 2.